The third-order valence-electron chi connectivity index (χ3n) is 1.81. The molecular formula is C9H12BrNO2. The van der Waals surface area contributed by atoms with Gasteiger partial charge < -0.3 is 10.3 Å². The van der Waals surface area contributed by atoms with Crippen LogP contribution in [0.2, 0.25) is 0 Å². The summed E-state index contributed by atoms with van der Waals surface area (Å²) < 4.78 is 0.802. The van der Waals surface area contributed by atoms with Gasteiger partial charge in [-0.15, -0.1) is 0 Å². The molecule has 0 heterocycles. The number of hydroxylamine groups is 2. The van der Waals surface area contributed by atoms with Crippen LogP contribution in [0.4, 0.5) is 0 Å². The van der Waals surface area contributed by atoms with Gasteiger partial charge in [-0.3, -0.25) is 0 Å². The van der Waals surface area contributed by atoms with Crippen molar-refractivity contribution < 1.29 is 10.3 Å². The second kappa shape index (κ2) is 4.09. The molecule has 0 saturated carbocycles. The molecule has 1 rings (SSSR count). The highest BCUT2D eigenvalue weighted by molar-refractivity contribution is 9.10. The number of benzene rings is 1. The molecule has 0 unspecified atom stereocenters. The Kier molecular flexibility index (Phi) is 3.30. The minimum absolute atomic E-state index is 0.232. The molecule has 1 aromatic rings. The molecule has 0 atom stereocenters. The fourth-order valence-corrected chi connectivity index (χ4v) is 1.55. The largest absolute Gasteiger partial charge is 0.507 e. The van der Waals surface area contributed by atoms with Crippen molar-refractivity contribution in [2.45, 2.75) is 13.5 Å². The van der Waals surface area contributed by atoms with Gasteiger partial charge in [0, 0.05) is 17.1 Å². The maximum absolute atomic E-state index is 9.66. The Balaban J connectivity index is 3.10. The lowest BCUT2D eigenvalue weighted by atomic mass is 10.1. The van der Waals surface area contributed by atoms with Crippen LogP contribution in [0.5, 0.6) is 5.75 Å². The monoisotopic (exact) mass is 245 g/mol. The molecule has 4 heteroatoms. The molecule has 0 aliphatic heterocycles. The summed E-state index contributed by atoms with van der Waals surface area (Å²) in [6, 6.07) is 3.67. The maximum Gasteiger partial charge on any atom is 0.124 e. The van der Waals surface area contributed by atoms with E-state index < -0.39 is 0 Å². The van der Waals surface area contributed by atoms with Crippen LogP contribution in [-0.2, 0) is 6.54 Å². The summed E-state index contributed by atoms with van der Waals surface area (Å²) in [6.45, 7) is 2.12. The standard InChI is InChI=1S/C9H12BrNO2/c1-6-3-4-8(10)7(9(6)12)5-11(2)13/h3-4,12-13H,5H2,1-2H3. The van der Waals surface area contributed by atoms with Crippen LogP contribution in [0, 0.1) is 6.92 Å². The van der Waals surface area contributed by atoms with Gasteiger partial charge in [0.05, 0.1) is 6.54 Å². The quantitative estimate of drug-likeness (QED) is 0.787. The Labute approximate surface area is 85.7 Å². The van der Waals surface area contributed by atoms with Gasteiger partial charge in [0.2, 0.25) is 0 Å². The Morgan fingerprint density at radius 1 is 1.46 bits per heavy atom. The first kappa shape index (κ1) is 10.5. The molecule has 3 nitrogen and oxygen atoms in total. The van der Waals surface area contributed by atoms with Crippen molar-refractivity contribution in [2.24, 2.45) is 0 Å². The first-order chi connectivity index (χ1) is 6.02. The summed E-state index contributed by atoms with van der Waals surface area (Å²) in [5, 5.41) is 19.7. The average Bonchev–Trinajstić information content (AvgIpc) is 2.05. The van der Waals surface area contributed by atoms with Crippen molar-refractivity contribution in [2.75, 3.05) is 7.05 Å². The second-order valence-electron chi connectivity index (χ2n) is 3.01. The lowest BCUT2D eigenvalue weighted by Gasteiger charge is -2.12. The number of phenolic OH excluding ortho intramolecular Hbond substituents is 1. The molecule has 0 amide bonds. The van der Waals surface area contributed by atoms with Gasteiger partial charge in [-0.25, -0.2) is 0 Å². The van der Waals surface area contributed by atoms with Gasteiger partial charge in [-0.2, -0.15) is 5.06 Å². The summed E-state index contributed by atoms with van der Waals surface area (Å²) in [6.07, 6.45) is 0. The van der Waals surface area contributed by atoms with Gasteiger partial charge in [0.15, 0.2) is 0 Å². The minimum atomic E-state index is 0.232. The summed E-state index contributed by atoms with van der Waals surface area (Å²) in [7, 11) is 1.54. The van der Waals surface area contributed by atoms with Crippen LogP contribution in [0.1, 0.15) is 11.1 Å². The van der Waals surface area contributed by atoms with E-state index >= 15 is 0 Å². The Bertz CT molecular complexity index is 313. The number of halogens is 1. The van der Waals surface area contributed by atoms with Crippen molar-refractivity contribution in [1.29, 1.82) is 0 Å². The molecular weight excluding hydrogens is 234 g/mol. The van der Waals surface area contributed by atoms with E-state index in [0.717, 1.165) is 15.1 Å². The van der Waals surface area contributed by atoms with Crippen molar-refractivity contribution in [3.05, 3.63) is 27.7 Å². The van der Waals surface area contributed by atoms with E-state index in [4.69, 9.17) is 5.21 Å². The number of hydrogen-bond donors (Lipinski definition) is 2. The van der Waals surface area contributed by atoms with Crippen molar-refractivity contribution >= 4 is 15.9 Å². The summed E-state index contributed by atoms with van der Waals surface area (Å²) >= 11 is 3.31. The Morgan fingerprint density at radius 3 is 2.62 bits per heavy atom. The van der Waals surface area contributed by atoms with Crippen LogP contribution >= 0.6 is 15.9 Å². The molecule has 0 aromatic heterocycles. The van der Waals surface area contributed by atoms with E-state index in [2.05, 4.69) is 15.9 Å². The summed E-state index contributed by atoms with van der Waals surface area (Å²) in [4.78, 5) is 0. The molecule has 0 saturated heterocycles. The van der Waals surface area contributed by atoms with Crippen LogP contribution in [0.15, 0.2) is 16.6 Å². The third-order valence-corrected chi connectivity index (χ3v) is 2.56. The first-order valence-electron chi connectivity index (χ1n) is 3.89. The molecule has 0 aliphatic carbocycles. The van der Waals surface area contributed by atoms with Gasteiger partial charge in [-0.1, -0.05) is 22.0 Å². The zero-order valence-electron chi connectivity index (χ0n) is 7.58. The van der Waals surface area contributed by atoms with Gasteiger partial charge in [0.25, 0.3) is 0 Å². The zero-order chi connectivity index (χ0) is 10.0. The van der Waals surface area contributed by atoms with E-state index in [-0.39, 0.29) is 5.75 Å². The van der Waals surface area contributed by atoms with Crippen LogP contribution < -0.4 is 0 Å². The molecule has 0 aliphatic rings. The number of nitrogens with zero attached hydrogens (tertiary/aromatic N) is 1. The molecule has 2 N–H and O–H groups in total. The number of phenols is 1. The molecule has 0 spiro atoms. The minimum Gasteiger partial charge on any atom is -0.507 e. The van der Waals surface area contributed by atoms with E-state index in [9.17, 15) is 5.11 Å². The van der Waals surface area contributed by atoms with Crippen LogP contribution in [0.25, 0.3) is 0 Å². The predicted molar refractivity (Wildman–Crippen MR) is 53.8 cm³/mol. The van der Waals surface area contributed by atoms with Crippen molar-refractivity contribution in [3.63, 3.8) is 0 Å². The Hall–Kier alpha value is -0.580. The highest BCUT2D eigenvalue weighted by Gasteiger charge is 2.09. The fraction of sp³-hybridized carbons (Fsp3) is 0.333. The fourth-order valence-electron chi connectivity index (χ4n) is 1.11. The van der Waals surface area contributed by atoms with Crippen LogP contribution in [-0.4, -0.2) is 22.4 Å². The SMILES string of the molecule is Cc1ccc(Br)c(CN(C)O)c1O. The molecule has 0 bridgehead atoms. The molecule has 13 heavy (non-hydrogen) atoms. The molecule has 1 aromatic carbocycles. The van der Waals surface area contributed by atoms with Gasteiger partial charge in [-0.05, 0) is 18.6 Å². The second-order valence-corrected chi connectivity index (χ2v) is 3.86. The lowest BCUT2D eigenvalue weighted by molar-refractivity contribution is -0.0737. The number of hydrogen-bond acceptors (Lipinski definition) is 3. The lowest BCUT2D eigenvalue weighted by Crippen LogP contribution is -2.12. The highest BCUT2D eigenvalue weighted by Crippen LogP contribution is 2.29. The topological polar surface area (TPSA) is 43.7 Å². The van der Waals surface area contributed by atoms with E-state index in [1.54, 1.807) is 0 Å². The maximum atomic E-state index is 9.66. The number of aryl methyl sites for hydroxylation is 1. The molecule has 0 radical (unpaired) electrons. The van der Waals surface area contributed by atoms with Crippen molar-refractivity contribution in [3.8, 4) is 5.75 Å². The smallest absolute Gasteiger partial charge is 0.124 e. The summed E-state index contributed by atoms with van der Waals surface area (Å²) in [5.74, 6) is 0.232. The average molecular weight is 246 g/mol. The number of rotatable bonds is 2. The van der Waals surface area contributed by atoms with Crippen LogP contribution in [0.3, 0.4) is 0 Å². The number of aromatic hydroxyl groups is 1. The highest BCUT2D eigenvalue weighted by atomic mass is 79.9. The molecule has 0 fully saturated rings. The predicted octanol–water partition coefficient (Wildman–Crippen LogP) is 2.28. The third kappa shape index (κ3) is 2.43. The van der Waals surface area contributed by atoms with E-state index in [0.29, 0.717) is 12.1 Å². The summed E-state index contributed by atoms with van der Waals surface area (Å²) in [5.41, 5.74) is 1.50. The van der Waals surface area contributed by atoms with Gasteiger partial charge in [0.1, 0.15) is 5.75 Å². The van der Waals surface area contributed by atoms with Crippen molar-refractivity contribution in [1.82, 2.24) is 5.06 Å². The Morgan fingerprint density at radius 2 is 2.08 bits per heavy atom. The van der Waals surface area contributed by atoms with E-state index in [1.807, 2.05) is 19.1 Å². The van der Waals surface area contributed by atoms with Gasteiger partial charge >= 0.3 is 0 Å². The van der Waals surface area contributed by atoms with E-state index in [1.165, 1.54) is 7.05 Å². The normalized spacial score (nSPS) is 10.8. The zero-order valence-corrected chi connectivity index (χ0v) is 9.17. The first-order valence-corrected chi connectivity index (χ1v) is 4.68. The molecule has 72 valence electrons.